The van der Waals surface area contributed by atoms with Gasteiger partial charge in [-0.05, 0) is 24.7 Å². The van der Waals surface area contributed by atoms with E-state index < -0.39 is 11.4 Å². The first-order chi connectivity index (χ1) is 8.27. The molecule has 0 bridgehead atoms. The van der Waals surface area contributed by atoms with Crippen LogP contribution in [0.3, 0.4) is 0 Å². The summed E-state index contributed by atoms with van der Waals surface area (Å²) in [7, 11) is 0. The number of carboxylic acids is 1. The number of hydrogen-bond donors (Lipinski definition) is 1. The molecule has 0 heterocycles. The van der Waals surface area contributed by atoms with Crippen molar-refractivity contribution in [3.05, 3.63) is 0 Å². The summed E-state index contributed by atoms with van der Waals surface area (Å²) >= 11 is 0. The van der Waals surface area contributed by atoms with E-state index in [-0.39, 0.29) is 0 Å². The van der Waals surface area contributed by atoms with E-state index in [2.05, 4.69) is 32.6 Å². The third-order valence-corrected chi connectivity index (χ3v) is 3.58. The zero-order valence-corrected chi connectivity index (χ0v) is 13.0. The summed E-state index contributed by atoms with van der Waals surface area (Å²) in [6, 6.07) is 0. The molecule has 0 aromatic heterocycles. The Morgan fingerprint density at radius 1 is 1.06 bits per heavy atom. The average molecular weight is 257 g/mol. The van der Waals surface area contributed by atoms with Gasteiger partial charge in [-0.1, -0.05) is 41.5 Å². The third kappa shape index (κ3) is 5.38. The molecule has 0 aliphatic heterocycles. The summed E-state index contributed by atoms with van der Waals surface area (Å²) in [5.74, 6) is 0.498. The van der Waals surface area contributed by atoms with Gasteiger partial charge in [-0.25, -0.2) is 0 Å². The minimum Gasteiger partial charge on any atom is -0.481 e. The Kier molecular flexibility index (Phi) is 7.53. The predicted molar refractivity (Wildman–Crippen MR) is 76.8 cm³/mol. The van der Waals surface area contributed by atoms with E-state index in [4.69, 9.17) is 0 Å². The van der Waals surface area contributed by atoms with Crippen LogP contribution in [-0.4, -0.2) is 35.6 Å². The summed E-state index contributed by atoms with van der Waals surface area (Å²) in [6.45, 7) is 15.4. The van der Waals surface area contributed by atoms with E-state index in [0.717, 1.165) is 13.1 Å². The molecule has 3 heteroatoms. The van der Waals surface area contributed by atoms with Crippen molar-refractivity contribution >= 4 is 5.97 Å². The van der Waals surface area contributed by atoms with Gasteiger partial charge in [0.25, 0.3) is 0 Å². The summed E-state index contributed by atoms with van der Waals surface area (Å²) in [5.41, 5.74) is -0.580. The molecule has 0 radical (unpaired) electrons. The van der Waals surface area contributed by atoms with E-state index >= 15 is 0 Å². The Balaban J connectivity index is 4.84. The van der Waals surface area contributed by atoms with Gasteiger partial charge in [-0.15, -0.1) is 0 Å². The van der Waals surface area contributed by atoms with Gasteiger partial charge >= 0.3 is 5.97 Å². The number of carboxylic acid groups (broad SMARTS) is 1. The predicted octanol–water partition coefficient (Wildman–Crippen LogP) is 3.49. The van der Waals surface area contributed by atoms with Gasteiger partial charge in [0.2, 0.25) is 0 Å². The molecular weight excluding hydrogens is 226 g/mol. The number of carbonyl (C=O) groups is 1. The number of hydrogen-bond acceptors (Lipinski definition) is 2. The van der Waals surface area contributed by atoms with Crippen molar-refractivity contribution in [2.45, 2.75) is 54.4 Å². The lowest BCUT2D eigenvalue weighted by Crippen LogP contribution is -2.45. The zero-order chi connectivity index (χ0) is 14.3. The normalized spacial score (nSPS) is 12.7. The molecule has 0 unspecified atom stereocenters. The van der Waals surface area contributed by atoms with Crippen molar-refractivity contribution in [1.82, 2.24) is 4.90 Å². The van der Waals surface area contributed by atoms with Gasteiger partial charge < -0.3 is 10.0 Å². The van der Waals surface area contributed by atoms with Crippen LogP contribution >= 0.6 is 0 Å². The fourth-order valence-corrected chi connectivity index (χ4v) is 2.51. The lowest BCUT2D eigenvalue weighted by Gasteiger charge is -2.35. The van der Waals surface area contributed by atoms with E-state index in [1.165, 1.54) is 0 Å². The van der Waals surface area contributed by atoms with Crippen molar-refractivity contribution in [2.24, 2.45) is 17.3 Å². The summed E-state index contributed by atoms with van der Waals surface area (Å²) in [5, 5.41) is 9.51. The second kappa shape index (κ2) is 7.78. The molecule has 0 saturated carbocycles. The minimum absolute atomic E-state index is 0.573. The lowest BCUT2D eigenvalue weighted by molar-refractivity contribution is -0.151. The molecule has 3 nitrogen and oxygen atoms in total. The van der Waals surface area contributed by atoms with Crippen LogP contribution in [0.2, 0.25) is 0 Å². The summed E-state index contributed by atoms with van der Waals surface area (Å²) < 4.78 is 0. The lowest BCUT2D eigenvalue weighted by atomic mass is 9.81. The van der Waals surface area contributed by atoms with Gasteiger partial charge in [0.05, 0.1) is 5.41 Å². The Morgan fingerprint density at radius 2 is 1.44 bits per heavy atom. The average Bonchev–Trinajstić information content (AvgIpc) is 2.23. The third-order valence-electron chi connectivity index (χ3n) is 3.58. The topological polar surface area (TPSA) is 40.5 Å². The highest BCUT2D eigenvalue weighted by atomic mass is 16.4. The maximum atomic E-state index is 11.6. The van der Waals surface area contributed by atoms with Crippen LogP contribution in [0.5, 0.6) is 0 Å². The van der Waals surface area contributed by atoms with E-state index in [1.54, 1.807) is 0 Å². The molecule has 0 fully saturated rings. The number of nitrogens with zero attached hydrogens (tertiary/aromatic N) is 1. The van der Waals surface area contributed by atoms with Crippen LogP contribution < -0.4 is 0 Å². The van der Waals surface area contributed by atoms with Gasteiger partial charge in [0.15, 0.2) is 0 Å². The molecule has 0 spiro atoms. The van der Waals surface area contributed by atoms with Crippen molar-refractivity contribution < 1.29 is 9.90 Å². The molecule has 0 rings (SSSR count). The van der Waals surface area contributed by atoms with Crippen LogP contribution in [0.1, 0.15) is 54.4 Å². The SMILES string of the molecule is CCC(CC)(CN(CC(C)C)CC(C)C)C(=O)O. The van der Waals surface area contributed by atoms with Crippen molar-refractivity contribution in [2.75, 3.05) is 19.6 Å². The number of rotatable bonds is 9. The Labute approximate surface area is 113 Å². The molecule has 0 amide bonds. The van der Waals surface area contributed by atoms with Crippen LogP contribution in [0, 0.1) is 17.3 Å². The fourth-order valence-electron chi connectivity index (χ4n) is 2.51. The largest absolute Gasteiger partial charge is 0.481 e. The Morgan fingerprint density at radius 3 is 1.67 bits per heavy atom. The highest BCUT2D eigenvalue weighted by Crippen LogP contribution is 2.28. The first-order valence-electron chi connectivity index (χ1n) is 7.23. The minimum atomic E-state index is -0.648. The van der Waals surface area contributed by atoms with Gasteiger partial charge in [-0.3, -0.25) is 4.79 Å². The molecule has 0 aromatic rings. The molecule has 0 aromatic carbocycles. The second-order valence-electron chi connectivity index (χ2n) is 6.27. The van der Waals surface area contributed by atoms with Gasteiger partial charge in [-0.2, -0.15) is 0 Å². The standard InChI is InChI=1S/C15H31NO2/c1-7-15(8-2,14(17)18)11-16(9-12(3)4)10-13(5)6/h12-13H,7-11H2,1-6H3,(H,17,18). The molecule has 0 atom stereocenters. The summed E-state index contributed by atoms with van der Waals surface area (Å²) in [6.07, 6.45) is 1.40. The molecule has 1 N–H and O–H groups in total. The van der Waals surface area contributed by atoms with Gasteiger partial charge in [0, 0.05) is 19.6 Å². The monoisotopic (exact) mass is 257 g/mol. The highest BCUT2D eigenvalue weighted by Gasteiger charge is 2.36. The molecule has 0 aliphatic rings. The fraction of sp³-hybridized carbons (Fsp3) is 0.933. The van der Waals surface area contributed by atoms with Crippen LogP contribution in [0.4, 0.5) is 0 Å². The first-order valence-corrected chi connectivity index (χ1v) is 7.23. The van der Waals surface area contributed by atoms with Crippen LogP contribution in [-0.2, 0) is 4.79 Å². The smallest absolute Gasteiger partial charge is 0.310 e. The zero-order valence-electron chi connectivity index (χ0n) is 13.0. The highest BCUT2D eigenvalue weighted by molar-refractivity contribution is 5.74. The molecule has 0 aliphatic carbocycles. The first kappa shape index (κ1) is 17.4. The van der Waals surface area contributed by atoms with Crippen molar-refractivity contribution in [1.29, 1.82) is 0 Å². The van der Waals surface area contributed by atoms with E-state index in [9.17, 15) is 9.90 Å². The van der Waals surface area contributed by atoms with E-state index in [1.807, 2.05) is 13.8 Å². The van der Waals surface area contributed by atoms with Crippen LogP contribution in [0.25, 0.3) is 0 Å². The van der Waals surface area contributed by atoms with Crippen molar-refractivity contribution in [3.63, 3.8) is 0 Å². The molecule has 0 saturated heterocycles. The van der Waals surface area contributed by atoms with Crippen molar-refractivity contribution in [3.8, 4) is 0 Å². The summed E-state index contributed by atoms with van der Waals surface area (Å²) in [4.78, 5) is 13.9. The maximum Gasteiger partial charge on any atom is 0.310 e. The molecular formula is C15H31NO2. The molecule has 108 valence electrons. The van der Waals surface area contributed by atoms with E-state index in [0.29, 0.717) is 31.2 Å². The van der Waals surface area contributed by atoms with Crippen LogP contribution in [0.15, 0.2) is 0 Å². The van der Waals surface area contributed by atoms with Gasteiger partial charge in [0.1, 0.15) is 0 Å². The second-order valence-corrected chi connectivity index (χ2v) is 6.27. The maximum absolute atomic E-state index is 11.6. The Hall–Kier alpha value is -0.570. The number of aliphatic carboxylic acids is 1. The Bertz CT molecular complexity index is 235. The quantitative estimate of drug-likeness (QED) is 0.687. The molecule has 18 heavy (non-hydrogen) atoms.